The van der Waals surface area contributed by atoms with Gasteiger partial charge in [-0.05, 0) is 63.0 Å². The van der Waals surface area contributed by atoms with Crippen molar-refractivity contribution in [2.45, 2.75) is 0 Å². The van der Waals surface area contributed by atoms with Gasteiger partial charge in [0.2, 0.25) is 0 Å². The Morgan fingerprint density at radius 1 is 0.283 bits per heavy atom. The van der Waals surface area contributed by atoms with Crippen LogP contribution in [0.25, 0.3) is 106 Å². The monoisotopic (exact) mass is 674 g/mol. The molecule has 1 aliphatic rings. The lowest BCUT2D eigenvalue weighted by molar-refractivity contribution is 1.06. The van der Waals surface area contributed by atoms with Crippen LogP contribution in [0, 0.1) is 0 Å². The van der Waals surface area contributed by atoms with Gasteiger partial charge in [-0.25, -0.2) is 15.0 Å². The highest BCUT2D eigenvalue weighted by Crippen LogP contribution is 2.51. The lowest BCUT2D eigenvalue weighted by atomic mass is 9.90. The summed E-state index contributed by atoms with van der Waals surface area (Å²) in [6, 6.07) is 64.4. The van der Waals surface area contributed by atoms with E-state index in [1.165, 1.54) is 54.9 Å². The Morgan fingerprint density at radius 3 is 1.43 bits per heavy atom. The molecule has 0 unspecified atom stereocenters. The molecule has 0 spiro atoms. The third kappa shape index (κ3) is 4.52. The van der Waals surface area contributed by atoms with Gasteiger partial charge in [-0.3, -0.25) is 0 Å². The number of rotatable bonds is 5. The Hall–Kier alpha value is -7.17. The number of para-hydroxylation sites is 1. The average Bonchev–Trinajstić information content (AvgIpc) is 3.52. The zero-order chi connectivity index (χ0) is 34.9. The van der Waals surface area contributed by atoms with E-state index < -0.39 is 0 Å². The van der Waals surface area contributed by atoms with Crippen molar-refractivity contribution in [2.75, 3.05) is 0 Å². The highest BCUT2D eigenvalue weighted by molar-refractivity contribution is 6.31. The molecule has 246 valence electrons. The minimum absolute atomic E-state index is 0.629. The van der Waals surface area contributed by atoms with Crippen LogP contribution in [-0.4, -0.2) is 19.5 Å². The van der Waals surface area contributed by atoms with Crippen molar-refractivity contribution < 1.29 is 0 Å². The van der Waals surface area contributed by atoms with Gasteiger partial charge in [-0.15, -0.1) is 0 Å². The van der Waals surface area contributed by atoms with Crippen molar-refractivity contribution in [1.29, 1.82) is 0 Å². The first-order valence-corrected chi connectivity index (χ1v) is 18.0. The van der Waals surface area contributed by atoms with E-state index in [9.17, 15) is 0 Å². The smallest absolute Gasteiger partial charge is 0.166 e. The van der Waals surface area contributed by atoms with Crippen molar-refractivity contribution in [1.82, 2.24) is 19.5 Å². The molecule has 0 N–H and O–H groups in total. The molecule has 2 heterocycles. The Bertz CT molecular complexity index is 2980. The fourth-order valence-corrected chi connectivity index (χ4v) is 8.31. The van der Waals surface area contributed by atoms with Crippen LogP contribution in [0.4, 0.5) is 0 Å². The fourth-order valence-electron chi connectivity index (χ4n) is 8.31. The van der Waals surface area contributed by atoms with Crippen LogP contribution in [0.5, 0.6) is 0 Å². The van der Waals surface area contributed by atoms with Gasteiger partial charge in [-0.2, -0.15) is 0 Å². The Balaban J connectivity index is 1.24. The van der Waals surface area contributed by atoms with Gasteiger partial charge in [0.15, 0.2) is 17.5 Å². The fraction of sp³-hybridized carbons (Fsp3) is 0. The molecule has 1 aliphatic carbocycles. The predicted octanol–water partition coefficient (Wildman–Crippen LogP) is 12.4. The summed E-state index contributed by atoms with van der Waals surface area (Å²) in [5.74, 6) is 1.91. The summed E-state index contributed by atoms with van der Waals surface area (Å²) in [5.41, 5.74) is 13.6. The lowest BCUT2D eigenvalue weighted by Crippen LogP contribution is -2.03. The Labute approximate surface area is 306 Å². The molecule has 0 atom stereocenters. The predicted molar refractivity (Wildman–Crippen MR) is 218 cm³/mol. The molecule has 11 rings (SSSR count). The number of aromatic nitrogens is 4. The first kappa shape index (κ1) is 29.5. The van der Waals surface area contributed by atoms with Crippen molar-refractivity contribution in [3.63, 3.8) is 0 Å². The van der Waals surface area contributed by atoms with Crippen LogP contribution in [0.15, 0.2) is 182 Å². The van der Waals surface area contributed by atoms with Crippen LogP contribution in [0.2, 0.25) is 0 Å². The SMILES string of the molecule is c1ccc(-c2nc(-c3ccccc3)nc(-c3ccccc3-n3c4cccc5c4c4c6c(ccc(-c7ccccc7)c6ccc43)-c3ccccc3-5)n2)cc1. The third-order valence-electron chi connectivity index (χ3n) is 10.6. The van der Waals surface area contributed by atoms with E-state index in [4.69, 9.17) is 15.0 Å². The van der Waals surface area contributed by atoms with Gasteiger partial charge < -0.3 is 4.57 Å². The van der Waals surface area contributed by atoms with Crippen molar-refractivity contribution in [3.8, 4) is 73.2 Å². The molecule has 0 radical (unpaired) electrons. The minimum Gasteiger partial charge on any atom is -0.308 e. The summed E-state index contributed by atoms with van der Waals surface area (Å²) in [7, 11) is 0. The van der Waals surface area contributed by atoms with Crippen molar-refractivity contribution in [3.05, 3.63) is 182 Å². The van der Waals surface area contributed by atoms with Gasteiger partial charge >= 0.3 is 0 Å². The second-order valence-electron chi connectivity index (χ2n) is 13.5. The van der Waals surface area contributed by atoms with Gasteiger partial charge in [0.1, 0.15) is 0 Å². The van der Waals surface area contributed by atoms with Gasteiger partial charge in [0.05, 0.1) is 16.7 Å². The minimum atomic E-state index is 0.629. The molecule has 10 aromatic rings. The maximum absolute atomic E-state index is 5.16. The lowest BCUT2D eigenvalue weighted by Gasteiger charge is -2.17. The van der Waals surface area contributed by atoms with Crippen LogP contribution >= 0.6 is 0 Å². The molecule has 0 saturated carbocycles. The summed E-state index contributed by atoms with van der Waals surface area (Å²) < 4.78 is 2.42. The van der Waals surface area contributed by atoms with Gasteiger partial charge in [-0.1, -0.05) is 158 Å². The standard InChI is InChI=1S/C49H30N4/c1-4-15-31(16-5-1)34-27-28-39-36-22-11-10-21-35(36)37-24-14-26-42-45(37)46-43(30-29-38(34)44(39)46)53(42)41-25-13-12-23-40(41)49-51-47(32-17-6-2-7-18-32)50-48(52-49)33-19-8-3-9-20-33/h1-30H. The van der Waals surface area contributed by atoms with Crippen molar-refractivity contribution in [2.24, 2.45) is 0 Å². The molecule has 4 heteroatoms. The molecular weight excluding hydrogens is 645 g/mol. The topological polar surface area (TPSA) is 43.6 Å². The molecular formula is C49H30N4. The molecule has 8 aromatic carbocycles. The van der Waals surface area contributed by atoms with Crippen LogP contribution in [0.3, 0.4) is 0 Å². The van der Waals surface area contributed by atoms with E-state index in [1.807, 2.05) is 36.4 Å². The molecule has 0 amide bonds. The highest BCUT2D eigenvalue weighted by atomic mass is 15.1. The first-order valence-electron chi connectivity index (χ1n) is 18.0. The summed E-state index contributed by atoms with van der Waals surface area (Å²) in [4.78, 5) is 15.3. The Morgan fingerprint density at radius 2 is 0.774 bits per heavy atom. The van der Waals surface area contributed by atoms with E-state index >= 15 is 0 Å². The van der Waals surface area contributed by atoms with E-state index in [0.717, 1.165) is 33.4 Å². The van der Waals surface area contributed by atoms with Gasteiger partial charge in [0.25, 0.3) is 0 Å². The quantitative estimate of drug-likeness (QED) is 0.182. The number of fused-ring (bicyclic) bond motifs is 3. The second kappa shape index (κ2) is 11.7. The molecule has 0 fully saturated rings. The van der Waals surface area contributed by atoms with Gasteiger partial charge in [0, 0.05) is 32.8 Å². The van der Waals surface area contributed by atoms with E-state index in [2.05, 4.69) is 150 Å². The molecule has 53 heavy (non-hydrogen) atoms. The summed E-state index contributed by atoms with van der Waals surface area (Å²) in [6.45, 7) is 0. The average molecular weight is 675 g/mol. The zero-order valence-corrected chi connectivity index (χ0v) is 28.6. The van der Waals surface area contributed by atoms with E-state index in [0.29, 0.717) is 17.5 Å². The zero-order valence-electron chi connectivity index (χ0n) is 28.6. The van der Waals surface area contributed by atoms with Crippen LogP contribution in [-0.2, 0) is 0 Å². The first-order chi connectivity index (χ1) is 26.3. The largest absolute Gasteiger partial charge is 0.308 e. The third-order valence-corrected chi connectivity index (χ3v) is 10.6. The maximum Gasteiger partial charge on any atom is 0.166 e. The molecule has 0 aliphatic heterocycles. The molecule has 2 aromatic heterocycles. The Kier molecular flexibility index (Phi) is 6.52. The highest BCUT2D eigenvalue weighted by Gasteiger charge is 2.27. The van der Waals surface area contributed by atoms with E-state index in [1.54, 1.807) is 0 Å². The summed E-state index contributed by atoms with van der Waals surface area (Å²) >= 11 is 0. The molecule has 4 nitrogen and oxygen atoms in total. The second-order valence-corrected chi connectivity index (χ2v) is 13.5. The summed E-state index contributed by atoms with van der Waals surface area (Å²) in [6.07, 6.45) is 0. The molecule has 0 saturated heterocycles. The van der Waals surface area contributed by atoms with E-state index in [-0.39, 0.29) is 0 Å². The maximum atomic E-state index is 5.16. The number of benzene rings is 8. The van der Waals surface area contributed by atoms with Crippen molar-refractivity contribution >= 4 is 32.6 Å². The normalized spacial score (nSPS) is 11.8. The summed E-state index contributed by atoms with van der Waals surface area (Å²) in [5, 5.41) is 5.04. The number of nitrogens with zero attached hydrogens (tertiary/aromatic N) is 4. The number of hydrogen-bond acceptors (Lipinski definition) is 3. The molecule has 0 bridgehead atoms. The van der Waals surface area contributed by atoms with Crippen LogP contribution in [0.1, 0.15) is 0 Å². The van der Waals surface area contributed by atoms with Crippen LogP contribution < -0.4 is 0 Å². The number of hydrogen-bond donors (Lipinski definition) is 0.